The predicted octanol–water partition coefficient (Wildman–Crippen LogP) is 11.5. The SMILES string of the molecule is Cc1cc(-c2ccncc2-c2cc(F)c(CS(=O)(=O)Cc3c(F)cc(-c4cnccc4-c4ccc(C(F)(F)F)c(C)c4)cc3F)c(F)c2)ccc1C(F)(F)F. The zero-order chi connectivity index (χ0) is 40.0. The normalized spacial score (nSPS) is 12.3. The second kappa shape index (κ2) is 14.6. The van der Waals surface area contributed by atoms with Crippen LogP contribution in [0.5, 0.6) is 0 Å². The highest BCUT2D eigenvalue weighted by Crippen LogP contribution is 2.40. The van der Waals surface area contributed by atoms with E-state index in [1.54, 1.807) is 0 Å². The molecule has 0 amide bonds. The van der Waals surface area contributed by atoms with E-state index in [-0.39, 0.29) is 44.5 Å². The zero-order valence-corrected chi connectivity index (χ0v) is 29.4. The van der Waals surface area contributed by atoms with Crippen molar-refractivity contribution in [1.82, 2.24) is 9.97 Å². The first-order chi connectivity index (χ1) is 25.7. The van der Waals surface area contributed by atoms with Crippen LogP contribution in [0.25, 0.3) is 44.5 Å². The summed E-state index contributed by atoms with van der Waals surface area (Å²) >= 11 is 0. The number of aryl methyl sites for hydroxylation is 2. The van der Waals surface area contributed by atoms with Gasteiger partial charge in [-0.05, 0) is 107 Å². The molecular formula is C40H26F10N2O2S. The molecule has 4 nitrogen and oxygen atoms in total. The van der Waals surface area contributed by atoms with E-state index in [1.807, 2.05) is 0 Å². The Morgan fingerprint density at radius 3 is 1.15 bits per heavy atom. The summed E-state index contributed by atoms with van der Waals surface area (Å²) in [6, 6.07) is 12.8. The van der Waals surface area contributed by atoms with Gasteiger partial charge in [-0.25, -0.2) is 26.0 Å². The number of alkyl halides is 6. The van der Waals surface area contributed by atoms with Gasteiger partial charge in [0.15, 0.2) is 9.84 Å². The van der Waals surface area contributed by atoms with Crippen LogP contribution >= 0.6 is 0 Å². The highest BCUT2D eigenvalue weighted by atomic mass is 32.2. The lowest BCUT2D eigenvalue weighted by molar-refractivity contribution is -0.138. The van der Waals surface area contributed by atoms with Crippen LogP contribution in [0, 0.1) is 37.1 Å². The molecule has 2 heterocycles. The van der Waals surface area contributed by atoms with Gasteiger partial charge < -0.3 is 0 Å². The van der Waals surface area contributed by atoms with Crippen LogP contribution in [0.15, 0.2) is 97.6 Å². The first-order valence-corrected chi connectivity index (χ1v) is 18.0. The summed E-state index contributed by atoms with van der Waals surface area (Å²) in [7, 11) is -4.65. The van der Waals surface area contributed by atoms with Crippen molar-refractivity contribution >= 4 is 9.84 Å². The summed E-state index contributed by atoms with van der Waals surface area (Å²) < 4.78 is 168. The summed E-state index contributed by atoms with van der Waals surface area (Å²) in [5.74, 6) is -7.81. The third-order valence-electron chi connectivity index (χ3n) is 8.96. The minimum absolute atomic E-state index is 0.0942. The fourth-order valence-electron chi connectivity index (χ4n) is 6.33. The van der Waals surface area contributed by atoms with Gasteiger partial charge in [-0.2, -0.15) is 26.3 Å². The van der Waals surface area contributed by atoms with Crippen LogP contribution in [0.1, 0.15) is 33.4 Å². The van der Waals surface area contributed by atoms with Gasteiger partial charge in [0.1, 0.15) is 23.3 Å². The van der Waals surface area contributed by atoms with Crippen molar-refractivity contribution in [2.24, 2.45) is 0 Å². The molecule has 0 aliphatic rings. The zero-order valence-electron chi connectivity index (χ0n) is 28.6. The highest BCUT2D eigenvalue weighted by molar-refractivity contribution is 7.89. The number of benzene rings is 4. The van der Waals surface area contributed by atoms with E-state index < -0.39 is 79.2 Å². The number of nitrogens with zero attached hydrogens (tertiary/aromatic N) is 2. The predicted molar refractivity (Wildman–Crippen MR) is 186 cm³/mol. The van der Waals surface area contributed by atoms with E-state index in [2.05, 4.69) is 9.97 Å². The van der Waals surface area contributed by atoms with Crippen LogP contribution < -0.4 is 0 Å². The van der Waals surface area contributed by atoms with Gasteiger partial charge in [-0.3, -0.25) is 9.97 Å². The molecule has 6 rings (SSSR count). The smallest absolute Gasteiger partial charge is 0.264 e. The van der Waals surface area contributed by atoms with Crippen molar-refractivity contribution in [3.63, 3.8) is 0 Å². The van der Waals surface area contributed by atoms with Gasteiger partial charge in [0.2, 0.25) is 0 Å². The molecule has 6 aromatic rings. The number of hydrogen-bond donors (Lipinski definition) is 0. The summed E-state index contributed by atoms with van der Waals surface area (Å²) in [5, 5.41) is 0. The van der Waals surface area contributed by atoms with Crippen LogP contribution in [0.4, 0.5) is 43.9 Å². The lowest BCUT2D eigenvalue weighted by Crippen LogP contribution is -2.13. The number of rotatable bonds is 8. The van der Waals surface area contributed by atoms with Crippen molar-refractivity contribution in [3.05, 3.63) is 154 Å². The van der Waals surface area contributed by atoms with E-state index in [1.165, 1.54) is 75.0 Å². The Hall–Kier alpha value is -5.57. The molecule has 0 unspecified atom stereocenters. The maximum absolute atomic E-state index is 15.5. The molecule has 15 heteroatoms. The maximum atomic E-state index is 15.5. The molecule has 0 saturated heterocycles. The average molecular weight is 789 g/mol. The highest BCUT2D eigenvalue weighted by Gasteiger charge is 2.33. The molecule has 0 N–H and O–H groups in total. The van der Waals surface area contributed by atoms with Crippen molar-refractivity contribution in [2.75, 3.05) is 0 Å². The maximum Gasteiger partial charge on any atom is 0.416 e. The Labute approximate surface area is 308 Å². The van der Waals surface area contributed by atoms with Crippen molar-refractivity contribution in [1.29, 1.82) is 0 Å². The Balaban J connectivity index is 1.27. The standard InChI is InChI=1S/C40H26F10N2O2S/c1-21-11-23(3-5-33(21)39(45,46)47)27-7-9-51-17-29(27)25-13-35(41)31(36(42)14-25)19-55(53,54)20-32-37(43)15-26(16-38(32)44)30-18-52-10-8-28(30)24-4-6-34(22(2)12-24)40(48,49)50/h3-18H,19-20H2,1-2H3. The topological polar surface area (TPSA) is 59.9 Å². The van der Waals surface area contributed by atoms with Crippen molar-refractivity contribution in [2.45, 2.75) is 37.7 Å². The lowest BCUT2D eigenvalue weighted by atomic mass is 9.93. The summed E-state index contributed by atoms with van der Waals surface area (Å²) in [5.41, 5.74) is -2.54. The van der Waals surface area contributed by atoms with Crippen molar-refractivity contribution < 1.29 is 52.3 Å². The summed E-state index contributed by atoms with van der Waals surface area (Å²) in [4.78, 5) is 7.92. The monoisotopic (exact) mass is 788 g/mol. The third-order valence-corrected chi connectivity index (χ3v) is 10.4. The fourth-order valence-corrected chi connectivity index (χ4v) is 7.87. The second-order valence-corrected chi connectivity index (χ2v) is 14.8. The van der Waals surface area contributed by atoms with Crippen molar-refractivity contribution in [3.8, 4) is 44.5 Å². The van der Waals surface area contributed by atoms with E-state index in [4.69, 9.17) is 0 Å². The number of pyridine rings is 2. The molecule has 0 saturated carbocycles. The minimum atomic E-state index is -4.65. The molecule has 2 aromatic heterocycles. The van der Waals surface area contributed by atoms with Gasteiger partial charge in [0, 0.05) is 47.0 Å². The molecule has 0 aliphatic heterocycles. The average Bonchev–Trinajstić information content (AvgIpc) is 3.10. The van der Waals surface area contributed by atoms with E-state index >= 15 is 17.6 Å². The first kappa shape index (κ1) is 39.1. The van der Waals surface area contributed by atoms with Gasteiger partial charge in [-0.15, -0.1) is 0 Å². The molecule has 55 heavy (non-hydrogen) atoms. The molecule has 0 atom stereocenters. The Morgan fingerprint density at radius 1 is 0.491 bits per heavy atom. The number of sulfone groups is 1. The van der Waals surface area contributed by atoms with Crippen LogP contribution in [0.3, 0.4) is 0 Å². The molecular weight excluding hydrogens is 762 g/mol. The van der Waals surface area contributed by atoms with Gasteiger partial charge >= 0.3 is 12.4 Å². The fraction of sp³-hybridized carbons (Fsp3) is 0.150. The molecule has 4 aromatic carbocycles. The number of halogens is 10. The van der Waals surface area contributed by atoms with E-state index in [0.717, 1.165) is 36.4 Å². The van der Waals surface area contributed by atoms with Crippen LogP contribution in [0.2, 0.25) is 0 Å². The van der Waals surface area contributed by atoms with E-state index in [0.29, 0.717) is 11.1 Å². The largest absolute Gasteiger partial charge is 0.416 e. The van der Waals surface area contributed by atoms with E-state index in [9.17, 15) is 34.8 Å². The molecule has 0 aliphatic carbocycles. The van der Waals surface area contributed by atoms with Crippen LogP contribution in [-0.4, -0.2) is 18.4 Å². The second-order valence-electron chi connectivity index (χ2n) is 12.8. The minimum Gasteiger partial charge on any atom is -0.264 e. The molecule has 284 valence electrons. The molecule has 0 bridgehead atoms. The Kier molecular flexibility index (Phi) is 10.4. The van der Waals surface area contributed by atoms with Crippen LogP contribution in [-0.2, 0) is 33.7 Å². The van der Waals surface area contributed by atoms with Gasteiger partial charge in [0.05, 0.1) is 22.6 Å². The number of hydrogen-bond acceptors (Lipinski definition) is 4. The summed E-state index contributed by atoms with van der Waals surface area (Å²) in [6.07, 6.45) is -4.06. The third kappa shape index (κ3) is 8.26. The van der Waals surface area contributed by atoms with Gasteiger partial charge in [0.25, 0.3) is 0 Å². The van der Waals surface area contributed by atoms with Gasteiger partial charge in [-0.1, -0.05) is 24.3 Å². The Morgan fingerprint density at radius 2 is 0.836 bits per heavy atom. The molecule has 0 radical (unpaired) electrons. The lowest BCUT2D eigenvalue weighted by Gasteiger charge is -2.15. The molecule has 0 fully saturated rings. The molecule has 0 spiro atoms. The Bertz CT molecular complexity index is 2350. The quantitative estimate of drug-likeness (QED) is 0.144. The number of aromatic nitrogens is 2. The summed E-state index contributed by atoms with van der Waals surface area (Å²) in [6.45, 7) is 2.52. The first-order valence-electron chi connectivity index (χ1n) is 16.1.